The highest BCUT2D eigenvalue weighted by Crippen LogP contribution is 2.03. The Morgan fingerprint density at radius 3 is 2.57 bits per heavy atom. The van der Waals surface area contributed by atoms with Crippen LogP contribution in [0.5, 0.6) is 0 Å². The molecule has 0 bridgehead atoms. The van der Waals surface area contributed by atoms with E-state index in [2.05, 4.69) is 10.0 Å². The molecule has 0 aliphatic heterocycles. The fourth-order valence-electron chi connectivity index (χ4n) is 2.02. The molecule has 1 aromatic heterocycles. The highest BCUT2D eigenvalue weighted by atomic mass is 32.2. The second-order valence-electron chi connectivity index (χ2n) is 5.19. The fourth-order valence-corrected chi connectivity index (χ4v) is 3.29. The SMILES string of the molecule is C[C@@H](NS(=O)(=O)CCc1ccccc1)C(=O)NCc1ccco1. The Balaban J connectivity index is 1.80. The van der Waals surface area contributed by atoms with Gasteiger partial charge in [-0.15, -0.1) is 0 Å². The van der Waals surface area contributed by atoms with Crippen LogP contribution in [0.3, 0.4) is 0 Å². The lowest BCUT2D eigenvalue weighted by atomic mass is 10.2. The van der Waals surface area contributed by atoms with E-state index >= 15 is 0 Å². The van der Waals surface area contributed by atoms with Crippen LogP contribution in [0.4, 0.5) is 0 Å². The summed E-state index contributed by atoms with van der Waals surface area (Å²) in [6.45, 7) is 1.74. The molecule has 2 rings (SSSR count). The molecular formula is C16H20N2O4S. The van der Waals surface area contributed by atoms with Gasteiger partial charge < -0.3 is 9.73 Å². The minimum atomic E-state index is -3.53. The molecule has 0 unspecified atom stereocenters. The third-order valence-electron chi connectivity index (χ3n) is 3.27. The van der Waals surface area contributed by atoms with Crippen molar-refractivity contribution in [2.75, 3.05) is 5.75 Å². The van der Waals surface area contributed by atoms with Crippen molar-refractivity contribution >= 4 is 15.9 Å². The van der Waals surface area contributed by atoms with Crippen LogP contribution in [0, 0.1) is 0 Å². The van der Waals surface area contributed by atoms with Crippen LogP contribution in [0.25, 0.3) is 0 Å². The Labute approximate surface area is 135 Å². The number of amides is 1. The van der Waals surface area contributed by atoms with Crippen LogP contribution in [-0.4, -0.2) is 26.1 Å². The maximum absolute atomic E-state index is 12.0. The second kappa shape index (κ2) is 7.94. The maximum Gasteiger partial charge on any atom is 0.238 e. The van der Waals surface area contributed by atoms with Gasteiger partial charge in [-0.1, -0.05) is 30.3 Å². The first kappa shape index (κ1) is 17.2. The van der Waals surface area contributed by atoms with E-state index in [1.807, 2.05) is 30.3 Å². The minimum absolute atomic E-state index is 0.0627. The van der Waals surface area contributed by atoms with E-state index in [1.54, 1.807) is 12.1 Å². The Morgan fingerprint density at radius 2 is 1.91 bits per heavy atom. The van der Waals surface area contributed by atoms with Gasteiger partial charge in [-0.05, 0) is 31.0 Å². The summed E-state index contributed by atoms with van der Waals surface area (Å²) >= 11 is 0. The van der Waals surface area contributed by atoms with Crippen molar-refractivity contribution in [1.82, 2.24) is 10.0 Å². The molecule has 1 aromatic carbocycles. The molecule has 0 spiro atoms. The summed E-state index contributed by atoms with van der Waals surface area (Å²) in [6.07, 6.45) is 1.91. The summed E-state index contributed by atoms with van der Waals surface area (Å²) in [5, 5.41) is 2.62. The average Bonchev–Trinajstić information content (AvgIpc) is 3.05. The molecule has 0 fully saturated rings. The number of aryl methyl sites for hydroxylation is 1. The van der Waals surface area contributed by atoms with Crippen LogP contribution in [0.2, 0.25) is 0 Å². The third kappa shape index (κ3) is 5.88. The Morgan fingerprint density at radius 1 is 1.17 bits per heavy atom. The smallest absolute Gasteiger partial charge is 0.238 e. The Kier molecular flexibility index (Phi) is 5.95. The fraction of sp³-hybridized carbons (Fsp3) is 0.312. The number of hydrogen-bond donors (Lipinski definition) is 2. The summed E-state index contributed by atoms with van der Waals surface area (Å²) in [4.78, 5) is 11.9. The first-order chi connectivity index (χ1) is 11.0. The van der Waals surface area contributed by atoms with Crippen molar-refractivity contribution in [2.24, 2.45) is 0 Å². The van der Waals surface area contributed by atoms with E-state index < -0.39 is 22.0 Å². The largest absolute Gasteiger partial charge is 0.467 e. The molecule has 0 aliphatic carbocycles. The second-order valence-corrected chi connectivity index (χ2v) is 7.06. The van der Waals surface area contributed by atoms with E-state index in [1.165, 1.54) is 13.2 Å². The van der Waals surface area contributed by atoms with Gasteiger partial charge in [-0.25, -0.2) is 13.1 Å². The highest BCUT2D eigenvalue weighted by molar-refractivity contribution is 7.89. The quantitative estimate of drug-likeness (QED) is 0.763. The zero-order valence-electron chi connectivity index (χ0n) is 12.9. The molecule has 124 valence electrons. The van der Waals surface area contributed by atoms with Gasteiger partial charge in [0.2, 0.25) is 15.9 Å². The van der Waals surface area contributed by atoms with Gasteiger partial charge in [0.1, 0.15) is 5.76 Å². The standard InChI is InChI=1S/C16H20N2O4S/c1-13(16(19)17-12-15-8-5-10-22-15)18-23(20,21)11-9-14-6-3-2-4-7-14/h2-8,10,13,18H,9,11-12H2,1H3,(H,17,19)/t13-/m1/s1. The van der Waals surface area contributed by atoms with Crippen LogP contribution >= 0.6 is 0 Å². The van der Waals surface area contributed by atoms with Crippen LogP contribution in [0.1, 0.15) is 18.2 Å². The predicted octanol–water partition coefficient (Wildman–Crippen LogP) is 1.45. The molecule has 0 aliphatic rings. The molecule has 6 nitrogen and oxygen atoms in total. The van der Waals surface area contributed by atoms with Gasteiger partial charge in [0, 0.05) is 0 Å². The highest BCUT2D eigenvalue weighted by Gasteiger charge is 2.20. The number of sulfonamides is 1. The number of nitrogens with one attached hydrogen (secondary N) is 2. The summed E-state index contributed by atoms with van der Waals surface area (Å²) in [7, 11) is -3.53. The van der Waals surface area contributed by atoms with Gasteiger partial charge in [-0.2, -0.15) is 0 Å². The van der Waals surface area contributed by atoms with E-state index in [9.17, 15) is 13.2 Å². The molecule has 1 amide bonds. The lowest BCUT2D eigenvalue weighted by Gasteiger charge is -2.14. The first-order valence-electron chi connectivity index (χ1n) is 7.30. The number of furan rings is 1. The summed E-state index contributed by atoms with van der Waals surface area (Å²) in [5.74, 6) is 0.148. The van der Waals surface area contributed by atoms with Gasteiger partial charge in [-0.3, -0.25) is 4.79 Å². The van der Waals surface area contributed by atoms with Crippen molar-refractivity contribution < 1.29 is 17.6 Å². The lowest BCUT2D eigenvalue weighted by molar-refractivity contribution is -0.122. The zero-order chi connectivity index (χ0) is 16.7. The van der Waals surface area contributed by atoms with Crippen LogP contribution < -0.4 is 10.0 Å². The summed E-state index contributed by atoms with van der Waals surface area (Å²) in [5.41, 5.74) is 0.938. The van der Waals surface area contributed by atoms with Gasteiger partial charge >= 0.3 is 0 Å². The number of benzene rings is 1. The predicted molar refractivity (Wildman–Crippen MR) is 87.1 cm³/mol. The van der Waals surface area contributed by atoms with Crippen LogP contribution in [0.15, 0.2) is 53.1 Å². The summed E-state index contributed by atoms with van der Waals surface area (Å²) < 4.78 is 31.6. The monoisotopic (exact) mass is 336 g/mol. The van der Waals surface area contributed by atoms with E-state index in [0.717, 1.165) is 5.56 Å². The number of hydrogen-bond acceptors (Lipinski definition) is 4. The Bertz CT molecular complexity index is 712. The first-order valence-corrected chi connectivity index (χ1v) is 8.95. The zero-order valence-corrected chi connectivity index (χ0v) is 13.7. The molecule has 1 atom stereocenters. The third-order valence-corrected chi connectivity index (χ3v) is 4.72. The van der Waals surface area contributed by atoms with E-state index in [4.69, 9.17) is 4.42 Å². The minimum Gasteiger partial charge on any atom is -0.467 e. The van der Waals surface area contributed by atoms with Gasteiger partial charge in [0.05, 0.1) is 24.6 Å². The van der Waals surface area contributed by atoms with Crippen molar-refractivity contribution in [3.8, 4) is 0 Å². The van der Waals surface area contributed by atoms with Crippen molar-refractivity contribution in [3.05, 3.63) is 60.1 Å². The Hall–Kier alpha value is -2.12. The molecule has 1 heterocycles. The van der Waals surface area contributed by atoms with Crippen molar-refractivity contribution in [3.63, 3.8) is 0 Å². The van der Waals surface area contributed by atoms with Crippen molar-refractivity contribution in [2.45, 2.75) is 25.9 Å². The molecule has 23 heavy (non-hydrogen) atoms. The molecular weight excluding hydrogens is 316 g/mol. The van der Waals surface area contributed by atoms with Gasteiger partial charge in [0.25, 0.3) is 0 Å². The number of carbonyl (C=O) groups is 1. The number of rotatable bonds is 8. The lowest BCUT2D eigenvalue weighted by Crippen LogP contribution is -2.45. The maximum atomic E-state index is 12.0. The van der Waals surface area contributed by atoms with E-state index in [-0.39, 0.29) is 12.3 Å². The number of carbonyl (C=O) groups excluding carboxylic acids is 1. The molecule has 7 heteroatoms. The molecule has 2 aromatic rings. The van der Waals surface area contributed by atoms with Crippen LogP contribution in [-0.2, 0) is 27.8 Å². The summed E-state index contributed by atoms with van der Waals surface area (Å²) in [6, 6.07) is 11.9. The molecule has 0 saturated carbocycles. The van der Waals surface area contributed by atoms with Gasteiger partial charge in [0.15, 0.2) is 0 Å². The molecule has 0 radical (unpaired) electrons. The van der Waals surface area contributed by atoms with E-state index in [0.29, 0.717) is 12.2 Å². The average molecular weight is 336 g/mol. The normalized spacial score (nSPS) is 12.7. The van der Waals surface area contributed by atoms with Crippen molar-refractivity contribution in [1.29, 1.82) is 0 Å². The molecule has 2 N–H and O–H groups in total. The topological polar surface area (TPSA) is 88.4 Å². The molecule has 0 saturated heterocycles.